The monoisotopic (exact) mass is 614 g/mol. The lowest BCUT2D eigenvalue weighted by atomic mass is 9.75. The van der Waals surface area contributed by atoms with Crippen molar-refractivity contribution in [1.82, 2.24) is 25.1 Å². The Labute approximate surface area is 251 Å². The summed E-state index contributed by atoms with van der Waals surface area (Å²) >= 11 is 0. The predicted octanol–water partition coefficient (Wildman–Crippen LogP) is 5.14. The molecular weight excluding hydrogens is 581 g/mol. The molecule has 0 saturated carbocycles. The number of likely N-dealkylation sites (tertiary alicyclic amines) is 1. The normalized spacial score (nSPS) is 21.2. The number of nitrogens with zero attached hydrogens (tertiary/aromatic N) is 6. The van der Waals surface area contributed by atoms with Crippen LogP contribution in [0, 0.1) is 0 Å². The molecule has 3 aliphatic heterocycles. The number of carbonyl (C=O) groups is 1. The second-order valence-electron chi connectivity index (χ2n) is 12.3. The van der Waals surface area contributed by atoms with Crippen LogP contribution in [0.5, 0.6) is 11.5 Å². The van der Waals surface area contributed by atoms with Gasteiger partial charge in [0.15, 0.2) is 12.6 Å². The maximum absolute atomic E-state index is 12.7. The van der Waals surface area contributed by atoms with Gasteiger partial charge >= 0.3 is 12.3 Å². The van der Waals surface area contributed by atoms with Crippen LogP contribution in [0.3, 0.4) is 0 Å². The minimum absolute atomic E-state index is 0.0441. The van der Waals surface area contributed by atoms with Crippen LogP contribution in [0.25, 0.3) is 0 Å². The number of hydrogen-bond donors (Lipinski definition) is 0. The zero-order chi connectivity index (χ0) is 31.1. The Hall–Kier alpha value is -4.36. The third-order valence-electron chi connectivity index (χ3n) is 7.85. The van der Waals surface area contributed by atoms with Crippen LogP contribution in [0.2, 0.25) is 0 Å². The number of carbonyl (C=O) groups excluding carboxylic acids is 1. The van der Waals surface area contributed by atoms with Crippen molar-refractivity contribution in [2.24, 2.45) is 5.16 Å². The number of tetrazole rings is 1. The number of amidine groups is 1. The summed E-state index contributed by atoms with van der Waals surface area (Å²) in [5.74, 6) is 1.15. The summed E-state index contributed by atoms with van der Waals surface area (Å²) in [5, 5.41) is 16.6. The van der Waals surface area contributed by atoms with Gasteiger partial charge in [-0.05, 0) is 56.2 Å². The van der Waals surface area contributed by atoms with E-state index in [1.54, 1.807) is 32.9 Å². The van der Waals surface area contributed by atoms with Crippen LogP contribution < -0.4 is 9.47 Å². The van der Waals surface area contributed by atoms with Crippen molar-refractivity contribution in [1.29, 1.82) is 0 Å². The van der Waals surface area contributed by atoms with E-state index in [0.29, 0.717) is 31.8 Å². The minimum atomic E-state index is -4.74. The minimum Gasteiger partial charge on any atom is -0.487 e. The van der Waals surface area contributed by atoms with E-state index in [1.165, 1.54) is 16.9 Å². The lowest BCUT2D eigenvalue weighted by Gasteiger charge is -2.47. The number of halogens is 3. The van der Waals surface area contributed by atoms with Crippen LogP contribution in [0.4, 0.5) is 13.2 Å². The standard InChI is InChI=1S/C30H33F3N6O5/c1-28(2,3)43-26(40)18-39-35-27(34-37-39)24-16-25(36-44-24)38-14-12-29(13-15-38)17-22(21-6-4-5-7-23(21)42-29)19-8-10-20(11-9-19)41-30(31,32)33/h4-11,22,24H,12-18H2,1-3H3/t22-,24?/m1/s1. The molecule has 44 heavy (non-hydrogen) atoms. The molecule has 14 heteroatoms. The van der Waals surface area contributed by atoms with E-state index in [2.05, 4.69) is 30.2 Å². The highest BCUT2D eigenvalue weighted by Crippen LogP contribution is 2.48. The van der Waals surface area contributed by atoms with Crippen LogP contribution >= 0.6 is 0 Å². The van der Waals surface area contributed by atoms with Crippen molar-refractivity contribution in [3.8, 4) is 11.5 Å². The second-order valence-corrected chi connectivity index (χ2v) is 12.3. The molecule has 11 nitrogen and oxygen atoms in total. The van der Waals surface area contributed by atoms with Gasteiger partial charge in [0.2, 0.25) is 5.82 Å². The van der Waals surface area contributed by atoms with Gasteiger partial charge in [0.25, 0.3) is 0 Å². The molecule has 1 saturated heterocycles. The fraction of sp³-hybridized carbons (Fsp3) is 0.500. The van der Waals surface area contributed by atoms with Crippen LogP contribution in [-0.4, -0.2) is 67.6 Å². The molecule has 0 radical (unpaired) electrons. The zero-order valence-electron chi connectivity index (χ0n) is 24.6. The van der Waals surface area contributed by atoms with Crippen molar-refractivity contribution >= 4 is 11.8 Å². The van der Waals surface area contributed by atoms with E-state index in [4.69, 9.17) is 14.3 Å². The summed E-state index contributed by atoms with van der Waals surface area (Å²) in [4.78, 5) is 21.1. The highest BCUT2D eigenvalue weighted by Gasteiger charge is 2.45. The number of rotatable bonds is 5. The zero-order valence-corrected chi connectivity index (χ0v) is 24.6. The van der Waals surface area contributed by atoms with Gasteiger partial charge in [-0.2, -0.15) is 4.80 Å². The van der Waals surface area contributed by atoms with Gasteiger partial charge in [0.1, 0.15) is 28.5 Å². The van der Waals surface area contributed by atoms with Crippen molar-refractivity contribution in [3.63, 3.8) is 0 Å². The topological polar surface area (TPSA) is 113 Å². The number of ether oxygens (including phenoxy) is 3. The summed E-state index contributed by atoms with van der Waals surface area (Å²) in [5.41, 5.74) is 0.856. The van der Waals surface area contributed by atoms with E-state index in [0.717, 1.165) is 35.6 Å². The van der Waals surface area contributed by atoms with E-state index in [9.17, 15) is 18.0 Å². The van der Waals surface area contributed by atoms with Gasteiger partial charge in [-0.1, -0.05) is 35.5 Å². The number of hydrogen-bond acceptors (Lipinski definition) is 10. The molecule has 3 aliphatic rings. The smallest absolute Gasteiger partial charge is 0.487 e. The summed E-state index contributed by atoms with van der Waals surface area (Å²) in [6.07, 6.45) is -2.66. The molecule has 2 aromatic carbocycles. The first-order valence-corrected chi connectivity index (χ1v) is 14.5. The second kappa shape index (κ2) is 11.3. The van der Waals surface area contributed by atoms with Crippen LogP contribution in [0.15, 0.2) is 53.7 Å². The summed E-state index contributed by atoms with van der Waals surface area (Å²) in [6, 6.07) is 13.9. The van der Waals surface area contributed by atoms with Gasteiger partial charge in [-0.15, -0.1) is 23.4 Å². The highest BCUT2D eigenvalue weighted by atomic mass is 19.4. The van der Waals surface area contributed by atoms with Crippen molar-refractivity contribution in [3.05, 3.63) is 65.5 Å². The maximum Gasteiger partial charge on any atom is 0.573 e. The summed E-state index contributed by atoms with van der Waals surface area (Å²) in [6.45, 7) is 6.57. The average molecular weight is 615 g/mol. The van der Waals surface area contributed by atoms with Gasteiger partial charge < -0.3 is 23.9 Å². The molecule has 6 rings (SSSR count). The summed E-state index contributed by atoms with van der Waals surface area (Å²) in [7, 11) is 0. The fourth-order valence-corrected chi connectivity index (χ4v) is 5.93. The number of esters is 1. The van der Waals surface area contributed by atoms with E-state index < -0.39 is 29.6 Å². The Bertz CT molecular complexity index is 1530. The largest absolute Gasteiger partial charge is 0.573 e. The molecule has 1 fully saturated rings. The number of aromatic nitrogens is 4. The van der Waals surface area contributed by atoms with Gasteiger partial charge in [0, 0.05) is 37.4 Å². The van der Waals surface area contributed by atoms with Gasteiger partial charge in [-0.3, -0.25) is 0 Å². The Balaban J connectivity index is 1.08. The molecule has 234 valence electrons. The SMILES string of the molecule is CC(C)(C)OC(=O)Cn1nnc(C2CC(N3CCC4(CC3)C[C@H](c3ccc(OC(F)(F)F)cc3)c3ccccc3O4)=NO2)n1. The summed E-state index contributed by atoms with van der Waals surface area (Å²) < 4.78 is 54.1. The van der Waals surface area contributed by atoms with Crippen molar-refractivity contribution < 1.29 is 37.0 Å². The molecule has 1 spiro atoms. The Morgan fingerprint density at radius 1 is 1.07 bits per heavy atom. The molecule has 1 aromatic heterocycles. The molecule has 0 amide bonds. The van der Waals surface area contributed by atoms with Crippen LogP contribution in [0.1, 0.15) is 75.4 Å². The number of fused-ring (bicyclic) bond motifs is 1. The fourth-order valence-electron chi connectivity index (χ4n) is 5.93. The number of oxime groups is 1. The Morgan fingerprint density at radius 2 is 1.80 bits per heavy atom. The first-order chi connectivity index (χ1) is 20.8. The van der Waals surface area contributed by atoms with Crippen LogP contribution in [-0.2, 0) is 20.9 Å². The third kappa shape index (κ3) is 6.73. The molecule has 4 heterocycles. The van der Waals surface area contributed by atoms with E-state index in [1.807, 2.05) is 24.3 Å². The quantitative estimate of drug-likeness (QED) is 0.361. The number of para-hydroxylation sites is 1. The predicted molar refractivity (Wildman–Crippen MR) is 150 cm³/mol. The third-order valence-corrected chi connectivity index (χ3v) is 7.85. The molecule has 1 unspecified atom stereocenters. The number of piperidine rings is 1. The molecule has 0 N–H and O–H groups in total. The highest BCUT2D eigenvalue weighted by molar-refractivity contribution is 5.83. The molecule has 3 aromatic rings. The molecule has 0 aliphatic carbocycles. The van der Waals surface area contributed by atoms with E-state index >= 15 is 0 Å². The molecular formula is C30H33F3N6O5. The van der Waals surface area contributed by atoms with Gasteiger partial charge in [-0.25, -0.2) is 4.79 Å². The average Bonchev–Trinajstić information content (AvgIpc) is 3.62. The van der Waals surface area contributed by atoms with Crippen molar-refractivity contribution in [2.75, 3.05) is 13.1 Å². The van der Waals surface area contributed by atoms with Gasteiger partial charge in [0.05, 0.1) is 6.42 Å². The first-order valence-electron chi connectivity index (χ1n) is 14.5. The Morgan fingerprint density at radius 3 is 2.50 bits per heavy atom. The lowest BCUT2D eigenvalue weighted by Crippen LogP contribution is -2.51. The Kier molecular flexibility index (Phi) is 7.62. The first kappa shape index (κ1) is 29.7. The molecule has 0 bridgehead atoms. The lowest BCUT2D eigenvalue weighted by molar-refractivity contribution is -0.274. The maximum atomic E-state index is 12.7. The number of benzene rings is 2. The van der Waals surface area contributed by atoms with Crippen molar-refractivity contribution in [2.45, 2.75) is 82.6 Å². The van der Waals surface area contributed by atoms with E-state index in [-0.39, 0.29) is 18.2 Å². The number of alkyl halides is 3. The molecule has 2 atom stereocenters.